The Labute approximate surface area is 102 Å². The highest BCUT2D eigenvalue weighted by Crippen LogP contribution is 2.38. The van der Waals surface area contributed by atoms with Crippen molar-refractivity contribution in [1.82, 2.24) is 10.2 Å². The fraction of sp³-hybridized carbons (Fsp3) is 0.182. The number of H-pyrrole nitrogens is 1. The molecule has 1 heterocycles. The van der Waals surface area contributed by atoms with E-state index < -0.39 is 0 Å². The first kappa shape index (κ1) is 11.0. The summed E-state index contributed by atoms with van der Waals surface area (Å²) in [6.45, 7) is 2.02. The van der Waals surface area contributed by atoms with Gasteiger partial charge in [0.2, 0.25) is 0 Å². The molecule has 0 aliphatic heterocycles. The zero-order valence-electron chi connectivity index (χ0n) is 9.04. The number of aromatic nitrogens is 2. The minimum absolute atomic E-state index is 0.469. The summed E-state index contributed by atoms with van der Waals surface area (Å²) >= 11 is 3.45. The topological polar surface area (TPSA) is 63.9 Å². The number of ether oxygens (including phenoxy) is 1. The van der Waals surface area contributed by atoms with Gasteiger partial charge >= 0.3 is 0 Å². The maximum atomic E-state index is 5.60. The summed E-state index contributed by atoms with van der Waals surface area (Å²) in [5, 5.41) is 6.81. The average Bonchev–Trinajstić information content (AvgIpc) is 2.67. The van der Waals surface area contributed by atoms with Gasteiger partial charge in [0.25, 0.3) is 0 Å². The molecule has 0 aliphatic rings. The minimum atomic E-state index is 0.469. The second kappa shape index (κ2) is 4.17. The highest BCUT2D eigenvalue weighted by Gasteiger charge is 2.14. The lowest BCUT2D eigenvalue weighted by molar-refractivity contribution is 0.413. The van der Waals surface area contributed by atoms with Gasteiger partial charge in [0.1, 0.15) is 11.6 Å². The van der Waals surface area contributed by atoms with Gasteiger partial charge in [-0.25, -0.2) is 0 Å². The van der Waals surface area contributed by atoms with Crippen molar-refractivity contribution in [2.24, 2.45) is 0 Å². The first-order valence-electron chi connectivity index (χ1n) is 4.78. The van der Waals surface area contributed by atoms with E-state index in [1.165, 1.54) is 0 Å². The van der Waals surface area contributed by atoms with E-state index in [1.54, 1.807) is 13.2 Å². The third-order valence-electron chi connectivity index (χ3n) is 2.39. The number of nitrogens with zero attached hydrogens (tertiary/aromatic N) is 1. The van der Waals surface area contributed by atoms with E-state index >= 15 is 0 Å². The van der Waals surface area contributed by atoms with Gasteiger partial charge in [-0.1, -0.05) is 6.07 Å². The lowest BCUT2D eigenvalue weighted by atomic mass is 10.0. The highest BCUT2D eigenvalue weighted by atomic mass is 79.9. The molecule has 0 spiro atoms. The Hall–Kier alpha value is -1.49. The van der Waals surface area contributed by atoms with Crippen molar-refractivity contribution in [2.45, 2.75) is 6.92 Å². The lowest BCUT2D eigenvalue weighted by Crippen LogP contribution is -1.92. The summed E-state index contributed by atoms with van der Waals surface area (Å²) in [4.78, 5) is 0. The Balaban J connectivity index is 2.67. The monoisotopic (exact) mass is 281 g/mol. The fourth-order valence-corrected chi connectivity index (χ4v) is 2.15. The maximum Gasteiger partial charge on any atom is 0.145 e. The van der Waals surface area contributed by atoms with Crippen molar-refractivity contribution in [2.75, 3.05) is 12.8 Å². The standard InChI is InChI=1S/C11H12BrN3O/c1-6-3-4-7(12)11(16-2)10(6)8-5-9(13)15-14-8/h3-5H,1-2H3,(H3,13,14,15). The molecule has 0 fully saturated rings. The number of rotatable bonds is 2. The number of nitrogens with one attached hydrogen (secondary N) is 1. The molecule has 1 aromatic carbocycles. The van der Waals surface area contributed by atoms with E-state index in [-0.39, 0.29) is 0 Å². The van der Waals surface area contributed by atoms with Gasteiger partial charge in [0.05, 0.1) is 17.3 Å². The SMILES string of the molecule is COc1c(Br)ccc(C)c1-c1cc(N)n[nH]1. The van der Waals surface area contributed by atoms with Crippen molar-refractivity contribution in [3.05, 3.63) is 28.2 Å². The summed E-state index contributed by atoms with van der Waals surface area (Å²) in [7, 11) is 1.64. The lowest BCUT2D eigenvalue weighted by Gasteiger charge is -2.11. The molecular weight excluding hydrogens is 270 g/mol. The molecule has 16 heavy (non-hydrogen) atoms. The van der Waals surface area contributed by atoms with Crippen molar-refractivity contribution < 1.29 is 4.74 Å². The normalized spacial score (nSPS) is 10.4. The molecule has 0 radical (unpaired) electrons. The number of halogens is 1. The smallest absolute Gasteiger partial charge is 0.145 e. The van der Waals surface area contributed by atoms with E-state index in [0.29, 0.717) is 5.82 Å². The Morgan fingerprint density at radius 2 is 2.19 bits per heavy atom. The van der Waals surface area contributed by atoms with E-state index in [2.05, 4.69) is 26.1 Å². The summed E-state index contributed by atoms with van der Waals surface area (Å²) in [6, 6.07) is 5.76. The van der Waals surface area contributed by atoms with Crippen molar-refractivity contribution in [3.8, 4) is 17.0 Å². The second-order valence-corrected chi connectivity index (χ2v) is 4.33. The molecule has 0 bridgehead atoms. The minimum Gasteiger partial charge on any atom is -0.495 e. The highest BCUT2D eigenvalue weighted by molar-refractivity contribution is 9.10. The summed E-state index contributed by atoms with van der Waals surface area (Å²) in [5.74, 6) is 1.25. The number of nitrogens with two attached hydrogens (primary N) is 1. The third kappa shape index (κ3) is 1.78. The van der Waals surface area contributed by atoms with Crippen LogP contribution in [0, 0.1) is 6.92 Å². The summed E-state index contributed by atoms with van der Waals surface area (Å²) in [5.41, 5.74) is 8.53. The Morgan fingerprint density at radius 1 is 1.44 bits per heavy atom. The molecule has 1 aromatic heterocycles. The van der Waals surface area contributed by atoms with E-state index in [4.69, 9.17) is 10.5 Å². The maximum absolute atomic E-state index is 5.60. The molecule has 3 N–H and O–H groups in total. The van der Waals surface area contributed by atoms with Gasteiger partial charge in [0.15, 0.2) is 0 Å². The molecule has 0 amide bonds. The second-order valence-electron chi connectivity index (χ2n) is 3.48. The zero-order chi connectivity index (χ0) is 11.7. The van der Waals surface area contributed by atoms with Crippen LogP contribution in [0.2, 0.25) is 0 Å². The zero-order valence-corrected chi connectivity index (χ0v) is 10.6. The number of aryl methyl sites for hydroxylation is 1. The van der Waals surface area contributed by atoms with Gasteiger partial charge in [-0.05, 0) is 34.5 Å². The van der Waals surface area contributed by atoms with E-state index in [9.17, 15) is 0 Å². The summed E-state index contributed by atoms with van der Waals surface area (Å²) in [6.07, 6.45) is 0. The molecule has 0 saturated carbocycles. The van der Waals surface area contributed by atoms with E-state index in [1.807, 2.05) is 19.1 Å². The Morgan fingerprint density at radius 3 is 2.75 bits per heavy atom. The first-order valence-corrected chi connectivity index (χ1v) is 5.57. The van der Waals surface area contributed by atoms with Crippen molar-refractivity contribution >= 4 is 21.7 Å². The van der Waals surface area contributed by atoms with Gasteiger partial charge in [-0.15, -0.1) is 0 Å². The fourth-order valence-electron chi connectivity index (χ4n) is 1.66. The predicted octanol–water partition coefficient (Wildman–Crippen LogP) is 2.74. The van der Waals surface area contributed by atoms with Crippen LogP contribution in [0.1, 0.15) is 5.56 Å². The number of hydrogen-bond donors (Lipinski definition) is 2. The van der Waals surface area contributed by atoms with Gasteiger partial charge in [0, 0.05) is 11.6 Å². The first-order chi connectivity index (χ1) is 7.63. The average molecular weight is 282 g/mol. The van der Waals surface area contributed by atoms with Crippen LogP contribution in [-0.2, 0) is 0 Å². The summed E-state index contributed by atoms with van der Waals surface area (Å²) < 4.78 is 6.29. The molecule has 5 heteroatoms. The van der Waals surface area contributed by atoms with Crippen LogP contribution >= 0.6 is 15.9 Å². The third-order valence-corrected chi connectivity index (χ3v) is 3.01. The Kier molecular flexibility index (Phi) is 2.87. The van der Waals surface area contributed by atoms with Crippen LogP contribution < -0.4 is 10.5 Å². The van der Waals surface area contributed by atoms with Crippen LogP contribution in [-0.4, -0.2) is 17.3 Å². The van der Waals surface area contributed by atoms with Crippen LogP contribution in [0.15, 0.2) is 22.7 Å². The number of nitrogen functional groups attached to an aromatic ring is 1. The number of methoxy groups -OCH3 is 1. The quantitative estimate of drug-likeness (QED) is 0.890. The van der Waals surface area contributed by atoms with Crippen LogP contribution in [0.4, 0.5) is 5.82 Å². The predicted molar refractivity (Wildman–Crippen MR) is 67.4 cm³/mol. The molecular formula is C11H12BrN3O. The molecule has 0 atom stereocenters. The van der Waals surface area contributed by atoms with Crippen molar-refractivity contribution in [3.63, 3.8) is 0 Å². The number of hydrogen-bond acceptors (Lipinski definition) is 3. The number of benzene rings is 1. The number of anilines is 1. The van der Waals surface area contributed by atoms with E-state index in [0.717, 1.165) is 27.0 Å². The number of aromatic amines is 1. The largest absolute Gasteiger partial charge is 0.495 e. The van der Waals surface area contributed by atoms with Gasteiger partial charge in [-0.3, -0.25) is 5.10 Å². The molecule has 2 aromatic rings. The molecule has 0 aliphatic carbocycles. The van der Waals surface area contributed by atoms with Crippen LogP contribution in [0.25, 0.3) is 11.3 Å². The molecule has 84 valence electrons. The van der Waals surface area contributed by atoms with Crippen LogP contribution in [0.5, 0.6) is 5.75 Å². The molecule has 0 saturated heterocycles. The molecule has 4 nitrogen and oxygen atoms in total. The van der Waals surface area contributed by atoms with Gasteiger partial charge in [-0.2, -0.15) is 5.10 Å². The van der Waals surface area contributed by atoms with Crippen molar-refractivity contribution in [1.29, 1.82) is 0 Å². The van der Waals surface area contributed by atoms with Crippen LogP contribution in [0.3, 0.4) is 0 Å². The molecule has 0 unspecified atom stereocenters. The Bertz CT molecular complexity index is 522. The van der Waals surface area contributed by atoms with Gasteiger partial charge < -0.3 is 10.5 Å². The molecule has 2 rings (SSSR count).